The van der Waals surface area contributed by atoms with Crippen molar-refractivity contribution in [3.8, 4) is 17.2 Å². The van der Waals surface area contributed by atoms with Crippen LogP contribution >= 0.6 is 0 Å². The molecule has 0 bridgehead atoms. The first-order chi connectivity index (χ1) is 13.8. The van der Waals surface area contributed by atoms with Crippen molar-refractivity contribution in [3.63, 3.8) is 0 Å². The minimum Gasteiger partial charge on any atom is -0.508 e. The topological polar surface area (TPSA) is 66.8 Å². The van der Waals surface area contributed by atoms with Crippen LogP contribution in [0.15, 0.2) is 66.7 Å². The van der Waals surface area contributed by atoms with Gasteiger partial charge in [-0.15, -0.1) is 0 Å². The molecule has 6 heteroatoms. The number of fused-ring (bicyclic) bond motifs is 1. The molecule has 30 heavy (non-hydrogen) atoms. The van der Waals surface area contributed by atoms with Gasteiger partial charge in [0, 0.05) is 31.0 Å². The molecule has 3 aromatic rings. The van der Waals surface area contributed by atoms with E-state index >= 15 is 0 Å². The second-order valence-electron chi connectivity index (χ2n) is 7.68. The Balaban J connectivity index is 0.00000256. The molecule has 1 aliphatic rings. The van der Waals surface area contributed by atoms with Gasteiger partial charge in [0.05, 0.1) is 11.1 Å². The van der Waals surface area contributed by atoms with Gasteiger partial charge in [0.15, 0.2) is 0 Å². The van der Waals surface area contributed by atoms with Crippen molar-refractivity contribution in [1.29, 1.82) is 0 Å². The third-order valence-corrected chi connectivity index (χ3v) is 5.46. The normalized spacial score (nSPS) is 13.1. The second-order valence-corrected chi connectivity index (χ2v) is 7.68. The minimum atomic E-state index is -0.318. The predicted octanol–water partition coefficient (Wildman–Crippen LogP) is 4.73. The monoisotopic (exact) mass is 438 g/mol. The zero-order chi connectivity index (χ0) is 20.8. The molecule has 0 aromatic heterocycles. The second kappa shape index (κ2) is 8.02. The zero-order valence-corrected chi connectivity index (χ0v) is 18.3. The van der Waals surface area contributed by atoms with Crippen molar-refractivity contribution in [2.75, 3.05) is 7.05 Å². The van der Waals surface area contributed by atoms with Crippen molar-refractivity contribution in [2.45, 2.75) is 19.3 Å². The number of phenolic OH excluding ortho intramolecular Hbond substituents is 1. The summed E-state index contributed by atoms with van der Waals surface area (Å²) in [6, 6.07) is 19.9. The molecular formula is C24H21NO4V. The summed E-state index contributed by atoms with van der Waals surface area (Å²) in [6.45, 7) is 4.24. The summed E-state index contributed by atoms with van der Waals surface area (Å²) in [5, 5.41) is 9.51. The Morgan fingerprint density at radius 3 is 1.87 bits per heavy atom. The molecule has 3 aromatic carbocycles. The average molecular weight is 438 g/mol. The standard InChI is InChI=1S/C24H21NO4.V/c1-24(2,15-4-8-17(26)9-5-15)16-6-10-18(11-7-16)29-19-12-13-20-21(14-19)23(28)25(3)22(20)27;/h4-14,26H,1-3H3;. The van der Waals surface area contributed by atoms with E-state index in [2.05, 4.69) is 13.8 Å². The number of carbonyl (C=O) groups is 2. The van der Waals surface area contributed by atoms with Crippen molar-refractivity contribution in [3.05, 3.63) is 89.0 Å². The van der Waals surface area contributed by atoms with E-state index in [4.69, 9.17) is 4.74 Å². The molecule has 0 saturated heterocycles. The summed E-state index contributed by atoms with van der Waals surface area (Å²) >= 11 is 0. The average Bonchev–Trinajstić information content (AvgIpc) is 2.93. The number of nitrogens with zero attached hydrogens (tertiary/aromatic N) is 1. The van der Waals surface area contributed by atoms with Gasteiger partial charge in [0.2, 0.25) is 0 Å². The van der Waals surface area contributed by atoms with Gasteiger partial charge < -0.3 is 9.84 Å². The first-order valence-electron chi connectivity index (χ1n) is 9.32. The summed E-state index contributed by atoms with van der Waals surface area (Å²) in [5.74, 6) is 0.777. The van der Waals surface area contributed by atoms with Crippen LogP contribution in [0.3, 0.4) is 0 Å². The van der Waals surface area contributed by atoms with E-state index in [9.17, 15) is 14.7 Å². The first-order valence-corrected chi connectivity index (χ1v) is 9.32. The molecule has 1 heterocycles. The molecule has 0 saturated carbocycles. The fourth-order valence-corrected chi connectivity index (χ4v) is 3.52. The van der Waals surface area contributed by atoms with Crippen LogP contribution in [0.4, 0.5) is 0 Å². The molecule has 5 nitrogen and oxygen atoms in total. The summed E-state index contributed by atoms with van der Waals surface area (Å²) in [4.78, 5) is 25.3. The Labute approximate surface area is 187 Å². The zero-order valence-electron chi connectivity index (χ0n) is 16.9. The van der Waals surface area contributed by atoms with Crippen LogP contribution in [0.1, 0.15) is 45.7 Å². The number of hydrogen-bond donors (Lipinski definition) is 1. The molecule has 0 aliphatic carbocycles. The predicted molar refractivity (Wildman–Crippen MR) is 110 cm³/mol. The molecule has 2 amide bonds. The fourth-order valence-electron chi connectivity index (χ4n) is 3.52. The number of carbonyl (C=O) groups excluding carboxylic acids is 2. The molecule has 1 radical (unpaired) electrons. The Hall–Kier alpha value is -3.02. The molecule has 4 rings (SSSR count). The van der Waals surface area contributed by atoms with Crippen LogP contribution in [0, 0.1) is 0 Å². The number of benzene rings is 3. The van der Waals surface area contributed by atoms with Gasteiger partial charge in [0.1, 0.15) is 17.2 Å². The van der Waals surface area contributed by atoms with E-state index in [0.717, 1.165) is 16.0 Å². The Morgan fingerprint density at radius 2 is 1.27 bits per heavy atom. The van der Waals surface area contributed by atoms with Crippen molar-refractivity contribution in [1.82, 2.24) is 4.90 Å². The van der Waals surface area contributed by atoms with Gasteiger partial charge in [-0.2, -0.15) is 0 Å². The molecule has 0 unspecified atom stereocenters. The maximum Gasteiger partial charge on any atom is 0.261 e. The van der Waals surface area contributed by atoms with E-state index in [1.54, 1.807) is 30.3 Å². The number of aromatic hydroxyl groups is 1. The van der Waals surface area contributed by atoms with Crippen LogP contribution in [0.25, 0.3) is 0 Å². The molecule has 1 aliphatic heterocycles. The Morgan fingerprint density at radius 1 is 0.767 bits per heavy atom. The van der Waals surface area contributed by atoms with Gasteiger partial charge in [0.25, 0.3) is 11.8 Å². The third kappa shape index (κ3) is 3.74. The van der Waals surface area contributed by atoms with E-state index in [0.29, 0.717) is 22.6 Å². The number of hydrogen-bond acceptors (Lipinski definition) is 4. The van der Waals surface area contributed by atoms with Crippen LogP contribution in [0.5, 0.6) is 17.2 Å². The maximum atomic E-state index is 12.2. The van der Waals surface area contributed by atoms with Crippen molar-refractivity contribution < 1.29 is 38.0 Å². The third-order valence-electron chi connectivity index (χ3n) is 5.46. The van der Waals surface area contributed by atoms with E-state index in [-0.39, 0.29) is 41.5 Å². The van der Waals surface area contributed by atoms with E-state index in [1.807, 2.05) is 36.4 Å². The number of ether oxygens (including phenoxy) is 1. The van der Waals surface area contributed by atoms with Crippen molar-refractivity contribution in [2.24, 2.45) is 0 Å². The van der Waals surface area contributed by atoms with Gasteiger partial charge in [-0.3, -0.25) is 14.5 Å². The summed E-state index contributed by atoms with van der Waals surface area (Å²) in [6.07, 6.45) is 0. The van der Waals surface area contributed by atoms with Gasteiger partial charge in [-0.1, -0.05) is 38.1 Å². The Kier molecular flexibility index (Phi) is 5.79. The molecular weight excluding hydrogens is 417 g/mol. The van der Waals surface area contributed by atoms with Crippen LogP contribution in [0.2, 0.25) is 0 Å². The van der Waals surface area contributed by atoms with Crippen LogP contribution in [-0.2, 0) is 24.0 Å². The Bertz CT molecular complexity index is 1110. The SMILES string of the molecule is CN1C(=O)c2ccc(Oc3ccc(C(C)(C)c4ccc(O)cc4)cc3)cc2C1=O.[V]. The van der Waals surface area contributed by atoms with E-state index in [1.165, 1.54) is 7.05 Å². The first kappa shape index (κ1) is 21.7. The molecule has 0 atom stereocenters. The number of amides is 2. The molecule has 0 spiro atoms. The number of imide groups is 1. The van der Waals surface area contributed by atoms with Crippen molar-refractivity contribution >= 4 is 11.8 Å². The summed E-state index contributed by atoms with van der Waals surface area (Å²) in [7, 11) is 1.47. The summed E-state index contributed by atoms with van der Waals surface area (Å²) < 4.78 is 5.90. The van der Waals surface area contributed by atoms with Gasteiger partial charge in [-0.05, 0) is 53.6 Å². The van der Waals surface area contributed by atoms with Crippen LogP contribution < -0.4 is 4.74 Å². The molecule has 0 fully saturated rings. The molecule has 1 N–H and O–H groups in total. The van der Waals surface area contributed by atoms with E-state index < -0.39 is 0 Å². The quantitative estimate of drug-likeness (QED) is 0.598. The molecule has 151 valence electrons. The van der Waals surface area contributed by atoms with Gasteiger partial charge >= 0.3 is 0 Å². The largest absolute Gasteiger partial charge is 0.508 e. The number of phenols is 1. The smallest absolute Gasteiger partial charge is 0.261 e. The fraction of sp³-hybridized carbons (Fsp3) is 0.167. The minimum absolute atomic E-state index is 0. The van der Waals surface area contributed by atoms with Crippen LogP contribution in [-0.4, -0.2) is 28.9 Å². The van der Waals surface area contributed by atoms with Gasteiger partial charge in [-0.25, -0.2) is 0 Å². The maximum absolute atomic E-state index is 12.2. The number of rotatable bonds is 4. The summed E-state index contributed by atoms with van der Waals surface area (Å²) in [5.41, 5.74) is 2.72.